The van der Waals surface area contributed by atoms with Crippen LogP contribution in [0.5, 0.6) is 5.75 Å². The van der Waals surface area contributed by atoms with Crippen molar-refractivity contribution in [2.45, 2.75) is 4.90 Å². The Balaban J connectivity index is 2.10. The predicted molar refractivity (Wildman–Crippen MR) is 72.3 cm³/mol. The average Bonchev–Trinajstić information content (AvgIpc) is 2.75. The highest BCUT2D eigenvalue weighted by Crippen LogP contribution is 2.35. The Kier molecular flexibility index (Phi) is 3.93. The number of thiophene rings is 1. The second kappa shape index (κ2) is 5.43. The summed E-state index contributed by atoms with van der Waals surface area (Å²) in [7, 11) is 0. The molecule has 1 heterocycles. The van der Waals surface area contributed by atoms with Crippen molar-refractivity contribution in [2.24, 2.45) is 0 Å². The van der Waals surface area contributed by atoms with E-state index in [1.165, 1.54) is 16.6 Å². The third-order valence-corrected chi connectivity index (χ3v) is 4.11. The van der Waals surface area contributed by atoms with E-state index in [2.05, 4.69) is 0 Å². The molecule has 0 aliphatic carbocycles. The van der Waals surface area contributed by atoms with E-state index in [4.69, 9.17) is 11.6 Å². The van der Waals surface area contributed by atoms with Crippen LogP contribution in [0.4, 0.5) is 0 Å². The van der Waals surface area contributed by atoms with E-state index in [1.54, 1.807) is 29.5 Å². The van der Waals surface area contributed by atoms with Gasteiger partial charge in [-0.3, -0.25) is 0 Å². The molecule has 0 amide bonds. The summed E-state index contributed by atoms with van der Waals surface area (Å²) < 4.78 is 0. The SMILES string of the molecule is Oc1cccc(Cl)c1S/C=C/c1cccs1. The Bertz CT molecular complexity index is 471. The van der Waals surface area contributed by atoms with Crippen molar-refractivity contribution in [3.05, 3.63) is 51.0 Å². The van der Waals surface area contributed by atoms with Gasteiger partial charge in [-0.25, -0.2) is 0 Å². The molecular weight excluding hydrogens is 260 g/mol. The fourth-order valence-corrected chi connectivity index (χ4v) is 2.90. The van der Waals surface area contributed by atoms with Crippen molar-refractivity contribution in [3.63, 3.8) is 0 Å². The number of hydrogen-bond acceptors (Lipinski definition) is 3. The minimum atomic E-state index is 0.216. The molecule has 0 spiro atoms. The van der Waals surface area contributed by atoms with E-state index in [0.717, 1.165) is 0 Å². The van der Waals surface area contributed by atoms with Crippen LogP contribution in [0.3, 0.4) is 0 Å². The van der Waals surface area contributed by atoms with Crippen LogP contribution in [0.1, 0.15) is 4.88 Å². The molecule has 2 aromatic rings. The van der Waals surface area contributed by atoms with E-state index >= 15 is 0 Å². The van der Waals surface area contributed by atoms with Crippen LogP contribution in [0.2, 0.25) is 5.02 Å². The normalized spacial score (nSPS) is 11.1. The molecule has 1 aromatic heterocycles. The van der Waals surface area contributed by atoms with Crippen LogP contribution in [0, 0.1) is 0 Å². The molecule has 1 nitrogen and oxygen atoms in total. The maximum Gasteiger partial charge on any atom is 0.130 e. The van der Waals surface area contributed by atoms with Gasteiger partial charge in [-0.1, -0.05) is 35.5 Å². The second-order valence-electron chi connectivity index (χ2n) is 3.02. The third-order valence-electron chi connectivity index (χ3n) is 1.91. The van der Waals surface area contributed by atoms with Gasteiger partial charge in [-0.2, -0.15) is 0 Å². The lowest BCUT2D eigenvalue weighted by Gasteiger charge is -2.02. The van der Waals surface area contributed by atoms with E-state index in [0.29, 0.717) is 9.92 Å². The Morgan fingerprint density at radius 1 is 1.25 bits per heavy atom. The van der Waals surface area contributed by atoms with Gasteiger partial charge in [0.2, 0.25) is 0 Å². The molecule has 2 rings (SSSR count). The summed E-state index contributed by atoms with van der Waals surface area (Å²) in [6.07, 6.45) is 2.00. The van der Waals surface area contributed by atoms with Crippen molar-refractivity contribution in [2.75, 3.05) is 0 Å². The molecule has 0 saturated heterocycles. The highest BCUT2D eigenvalue weighted by Gasteiger charge is 2.04. The fourth-order valence-electron chi connectivity index (χ4n) is 1.17. The van der Waals surface area contributed by atoms with Crippen molar-refractivity contribution in [1.82, 2.24) is 0 Å². The molecule has 1 N–H and O–H groups in total. The molecular formula is C12H9ClOS2. The first-order valence-corrected chi connectivity index (χ1v) is 6.75. The number of rotatable bonds is 3. The Morgan fingerprint density at radius 3 is 2.81 bits per heavy atom. The highest BCUT2D eigenvalue weighted by molar-refractivity contribution is 8.02. The highest BCUT2D eigenvalue weighted by atomic mass is 35.5. The summed E-state index contributed by atoms with van der Waals surface area (Å²) >= 11 is 9.06. The Morgan fingerprint density at radius 2 is 2.12 bits per heavy atom. The number of phenols is 1. The van der Waals surface area contributed by atoms with Gasteiger partial charge in [0.1, 0.15) is 5.75 Å². The van der Waals surface area contributed by atoms with Gasteiger partial charge < -0.3 is 5.11 Å². The van der Waals surface area contributed by atoms with Gasteiger partial charge in [0.15, 0.2) is 0 Å². The second-order valence-corrected chi connectivity index (χ2v) is 5.33. The standard InChI is InChI=1S/C12H9ClOS2/c13-10-4-1-5-11(14)12(10)16-8-6-9-3-2-7-15-9/h1-8,14H/b8-6+. The summed E-state index contributed by atoms with van der Waals surface area (Å²) in [6.45, 7) is 0. The largest absolute Gasteiger partial charge is 0.507 e. The number of phenolic OH excluding ortho intramolecular Hbond substituents is 1. The van der Waals surface area contributed by atoms with E-state index in [1.807, 2.05) is 29.0 Å². The molecule has 0 unspecified atom stereocenters. The van der Waals surface area contributed by atoms with Crippen LogP contribution in [-0.4, -0.2) is 5.11 Å². The summed E-state index contributed by atoms with van der Waals surface area (Å²) in [5.74, 6) is 0.216. The first-order valence-electron chi connectivity index (χ1n) is 4.61. The molecule has 82 valence electrons. The van der Waals surface area contributed by atoms with Crippen LogP contribution in [-0.2, 0) is 0 Å². The van der Waals surface area contributed by atoms with Gasteiger partial charge in [-0.05, 0) is 35.1 Å². The van der Waals surface area contributed by atoms with Crippen molar-refractivity contribution in [1.29, 1.82) is 0 Å². The van der Waals surface area contributed by atoms with Gasteiger partial charge in [-0.15, -0.1) is 11.3 Å². The zero-order valence-electron chi connectivity index (χ0n) is 8.26. The van der Waals surface area contributed by atoms with Crippen LogP contribution >= 0.6 is 34.7 Å². The molecule has 0 aliphatic heterocycles. The van der Waals surface area contributed by atoms with Crippen LogP contribution in [0.25, 0.3) is 6.08 Å². The smallest absolute Gasteiger partial charge is 0.130 e. The zero-order valence-corrected chi connectivity index (χ0v) is 10.6. The third kappa shape index (κ3) is 2.82. The van der Waals surface area contributed by atoms with E-state index in [9.17, 15) is 5.11 Å². The van der Waals surface area contributed by atoms with Crippen molar-refractivity contribution >= 4 is 40.8 Å². The van der Waals surface area contributed by atoms with Gasteiger partial charge >= 0.3 is 0 Å². The maximum absolute atomic E-state index is 9.61. The predicted octanol–water partition coefficient (Wildman–Crippen LogP) is 4.87. The van der Waals surface area contributed by atoms with Gasteiger partial charge in [0.05, 0.1) is 9.92 Å². The van der Waals surface area contributed by atoms with Crippen molar-refractivity contribution < 1.29 is 5.11 Å². The number of hydrogen-bond donors (Lipinski definition) is 1. The number of benzene rings is 1. The lowest BCUT2D eigenvalue weighted by molar-refractivity contribution is 0.462. The molecule has 0 saturated carbocycles. The molecule has 0 fully saturated rings. The zero-order chi connectivity index (χ0) is 11.4. The van der Waals surface area contributed by atoms with E-state index < -0.39 is 0 Å². The van der Waals surface area contributed by atoms with Gasteiger partial charge in [0.25, 0.3) is 0 Å². The molecule has 0 radical (unpaired) electrons. The molecule has 16 heavy (non-hydrogen) atoms. The molecule has 0 bridgehead atoms. The molecule has 0 aliphatic rings. The summed E-state index contributed by atoms with van der Waals surface area (Å²) in [5, 5.41) is 14.1. The van der Waals surface area contributed by atoms with Crippen LogP contribution < -0.4 is 0 Å². The van der Waals surface area contributed by atoms with Gasteiger partial charge in [0, 0.05) is 4.88 Å². The lowest BCUT2D eigenvalue weighted by Crippen LogP contribution is -1.73. The first kappa shape index (κ1) is 11.6. The average molecular weight is 269 g/mol. The summed E-state index contributed by atoms with van der Waals surface area (Å²) in [4.78, 5) is 1.87. The summed E-state index contributed by atoms with van der Waals surface area (Å²) in [6, 6.07) is 9.16. The monoisotopic (exact) mass is 268 g/mol. The minimum absolute atomic E-state index is 0.216. The molecule has 0 atom stereocenters. The maximum atomic E-state index is 9.61. The Hall–Kier alpha value is -0.900. The topological polar surface area (TPSA) is 20.2 Å². The van der Waals surface area contributed by atoms with Crippen molar-refractivity contribution in [3.8, 4) is 5.75 Å². The quantitative estimate of drug-likeness (QED) is 0.802. The number of thioether (sulfide) groups is 1. The minimum Gasteiger partial charge on any atom is -0.507 e. The van der Waals surface area contributed by atoms with Crippen LogP contribution in [0.15, 0.2) is 46.0 Å². The fraction of sp³-hybridized carbons (Fsp3) is 0. The lowest BCUT2D eigenvalue weighted by atomic mass is 10.3. The molecule has 1 aromatic carbocycles. The number of halogens is 1. The van der Waals surface area contributed by atoms with E-state index in [-0.39, 0.29) is 5.75 Å². The number of aromatic hydroxyl groups is 1. The summed E-state index contributed by atoms with van der Waals surface area (Å²) in [5.41, 5.74) is 0. The first-order chi connectivity index (χ1) is 7.77. The Labute approximate surface area is 107 Å². The molecule has 4 heteroatoms.